The number of hydrogen-bond acceptors (Lipinski definition) is 4. The molecule has 0 aliphatic carbocycles. The normalized spacial score (nSPS) is 17.0. The summed E-state index contributed by atoms with van der Waals surface area (Å²) in [5.41, 5.74) is 2.01. The fraction of sp³-hybridized carbons (Fsp3) is 0.435. The minimum absolute atomic E-state index is 0.0191. The molecule has 0 unspecified atom stereocenters. The Labute approximate surface area is 182 Å². The van der Waals surface area contributed by atoms with Gasteiger partial charge in [-0.25, -0.2) is 4.79 Å². The van der Waals surface area contributed by atoms with Gasteiger partial charge < -0.3 is 14.5 Å². The van der Waals surface area contributed by atoms with Gasteiger partial charge in [-0.05, 0) is 51.0 Å². The van der Waals surface area contributed by atoms with Crippen molar-refractivity contribution in [3.05, 3.63) is 64.4 Å². The first-order valence-electron chi connectivity index (χ1n) is 10.1. The maximum atomic E-state index is 13.2. The second-order valence-corrected chi connectivity index (χ2v) is 8.94. The van der Waals surface area contributed by atoms with Crippen LogP contribution in [-0.2, 0) is 16.0 Å². The van der Waals surface area contributed by atoms with Crippen molar-refractivity contribution in [1.29, 1.82) is 0 Å². The average Bonchev–Trinajstić information content (AvgIpc) is 2.68. The van der Waals surface area contributed by atoms with Crippen LogP contribution in [0.3, 0.4) is 0 Å². The zero-order valence-electron chi connectivity index (χ0n) is 17.9. The zero-order valence-corrected chi connectivity index (χ0v) is 18.6. The van der Waals surface area contributed by atoms with Crippen molar-refractivity contribution in [1.82, 2.24) is 14.8 Å². The van der Waals surface area contributed by atoms with E-state index in [1.807, 2.05) is 62.9 Å². The van der Waals surface area contributed by atoms with E-state index in [4.69, 9.17) is 16.3 Å². The summed E-state index contributed by atoms with van der Waals surface area (Å²) in [6.07, 6.45) is 1.60. The molecular weight excluding hydrogens is 402 g/mol. The molecule has 1 saturated heterocycles. The van der Waals surface area contributed by atoms with E-state index in [2.05, 4.69) is 4.98 Å². The predicted molar refractivity (Wildman–Crippen MR) is 116 cm³/mol. The van der Waals surface area contributed by atoms with E-state index >= 15 is 0 Å². The molecule has 2 heterocycles. The molecule has 2 aromatic rings. The van der Waals surface area contributed by atoms with Crippen molar-refractivity contribution in [2.45, 2.75) is 45.8 Å². The lowest BCUT2D eigenvalue weighted by atomic mass is 10.0. The molecule has 6 nitrogen and oxygen atoms in total. The van der Waals surface area contributed by atoms with E-state index in [-0.39, 0.29) is 24.5 Å². The number of carbonyl (C=O) groups excluding carboxylic acids is 2. The third-order valence-corrected chi connectivity index (χ3v) is 5.29. The number of amides is 2. The number of carbonyl (C=O) groups is 2. The minimum Gasteiger partial charge on any atom is -0.444 e. The van der Waals surface area contributed by atoms with Gasteiger partial charge in [-0.3, -0.25) is 9.78 Å². The van der Waals surface area contributed by atoms with E-state index in [9.17, 15) is 9.59 Å². The number of nitrogens with zero attached hydrogens (tertiary/aromatic N) is 3. The van der Waals surface area contributed by atoms with Gasteiger partial charge in [-0.15, -0.1) is 0 Å². The molecule has 0 saturated carbocycles. The Kier molecular flexibility index (Phi) is 6.66. The highest BCUT2D eigenvalue weighted by Crippen LogP contribution is 2.31. The third kappa shape index (κ3) is 5.51. The fourth-order valence-electron chi connectivity index (χ4n) is 3.46. The van der Waals surface area contributed by atoms with Crippen LogP contribution in [0.4, 0.5) is 4.79 Å². The van der Waals surface area contributed by atoms with E-state index < -0.39 is 5.60 Å². The van der Waals surface area contributed by atoms with Crippen molar-refractivity contribution in [3.63, 3.8) is 0 Å². The van der Waals surface area contributed by atoms with E-state index in [0.29, 0.717) is 24.7 Å². The number of hydrogen-bond donors (Lipinski definition) is 0. The monoisotopic (exact) mass is 429 g/mol. The summed E-state index contributed by atoms with van der Waals surface area (Å²) in [5.74, 6) is -0.0191. The minimum atomic E-state index is -0.581. The highest BCUT2D eigenvalue weighted by Gasteiger charge is 2.36. The predicted octanol–water partition coefficient (Wildman–Crippen LogP) is 4.41. The summed E-state index contributed by atoms with van der Waals surface area (Å²) in [6.45, 7) is 8.58. The van der Waals surface area contributed by atoms with Gasteiger partial charge in [0, 0.05) is 36.5 Å². The van der Waals surface area contributed by atoms with Crippen LogP contribution in [0.2, 0.25) is 5.02 Å². The van der Waals surface area contributed by atoms with Gasteiger partial charge in [0.25, 0.3) is 0 Å². The standard InChI is InChI=1S/C23H28ClN3O3/c1-16-9-10-17(14-25-16)13-21(28)27-12-11-26(22(29)30-23(2,3)4)15-20(27)18-7-5-6-8-19(18)24/h5-10,14,20H,11-13,15H2,1-4H3/t20-/m0/s1. The Morgan fingerprint density at radius 1 is 1.17 bits per heavy atom. The zero-order chi connectivity index (χ0) is 21.9. The Bertz CT molecular complexity index is 909. The summed E-state index contributed by atoms with van der Waals surface area (Å²) in [7, 11) is 0. The summed E-state index contributed by atoms with van der Waals surface area (Å²) < 4.78 is 5.54. The summed E-state index contributed by atoms with van der Waals surface area (Å²) >= 11 is 6.46. The van der Waals surface area contributed by atoms with Gasteiger partial charge in [0.2, 0.25) is 5.91 Å². The Morgan fingerprint density at radius 2 is 1.90 bits per heavy atom. The number of piperazine rings is 1. The highest BCUT2D eigenvalue weighted by molar-refractivity contribution is 6.31. The molecule has 1 aliphatic rings. The van der Waals surface area contributed by atoms with Gasteiger partial charge in [0.1, 0.15) is 5.60 Å². The molecule has 7 heteroatoms. The van der Waals surface area contributed by atoms with Crippen molar-refractivity contribution < 1.29 is 14.3 Å². The molecule has 1 fully saturated rings. The number of ether oxygens (including phenoxy) is 1. The number of aryl methyl sites for hydroxylation is 1. The van der Waals surface area contributed by atoms with Gasteiger partial charge in [-0.2, -0.15) is 0 Å². The molecule has 3 rings (SSSR count). The Hall–Kier alpha value is -2.60. The Balaban J connectivity index is 1.83. The SMILES string of the molecule is Cc1ccc(CC(=O)N2CCN(C(=O)OC(C)(C)C)C[C@H]2c2ccccc2Cl)cn1. The first-order valence-corrected chi connectivity index (χ1v) is 10.5. The van der Waals surface area contributed by atoms with Crippen LogP contribution in [-0.4, -0.2) is 52.0 Å². The molecule has 0 N–H and O–H groups in total. The molecule has 2 amide bonds. The van der Waals surface area contributed by atoms with E-state index in [1.165, 1.54) is 0 Å². The highest BCUT2D eigenvalue weighted by atomic mass is 35.5. The number of benzene rings is 1. The van der Waals surface area contributed by atoms with Gasteiger partial charge in [-0.1, -0.05) is 35.9 Å². The molecule has 30 heavy (non-hydrogen) atoms. The number of rotatable bonds is 3. The molecule has 1 aromatic heterocycles. The summed E-state index contributed by atoms with van der Waals surface area (Å²) in [5, 5.41) is 0.573. The molecule has 160 valence electrons. The smallest absolute Gasteiger partial charge is 0.410 e. The topological polar surface area (TPSA) is 62.7 Å². The molecule has 0 radical (unpaired) electrons. The average molecular weight is 430 g/mol. The van der Waals surface area contributed by atoms with Crippen molar-refractivity contribution in [2.75, 3.05) is 19.6 Å². The first-order chi connectivity index (χ1) is 14.1. The molecule has 0 bridgehead atoms. The van der Waals surface area contributed by atoms with Crippen molar-refractivity contribution in [3.8, 4) is 0 Å². The van der Waals surface area contributed by atoms with Gasteiger partial charge >= 0.3 is 6.09 Å². The molecular formula is C23H28ClN3O3. The fourth-order valence-corrected chi connectivity index (χ4v) is 3.73. The van der Waals surface area contributed by atoms with Crippen LogP contribution in [0.25, 0.3) is 0 Å². The number of pyridine rings is 1. The second-order valence-electron chi connectivity index (χ2n) is 8.54. The maximum Gasteiger partial charge on any atom is 0.410 e. The lowest BCUT2D eigenvalue weighted by Crippen LogP contribution is -2.53. The first kappa shape index (κ1) is 22.1. The third-order valence-electron chi connectivity index (χ3n) is 4.94. The lowest BCUT2D eigenvalue weighted by Gasteiger charge is -2.42. The van der Waals surface area contributed by atoms with Crippen LogP contribution in [0, 0.1) is 6.92 Å². The van der Waals surface area contributed by atoms with E-state index in [1.54, 1.807) is 17.2 Å². The quantitative estimate of drug-likeness (QED) is 0.725. The molecule has 0 spiro atoms. The number of aromatic nitrogens is 1. The van der Waals surface area contributed by atoms with Crippen LogP contribution >= 0.6 is 11.6 Å². The van der Waals surface area contributed by atoms with Crippen LogP contribution < -0.4 is 0 Å². The summed E-state index contributed by atoms with van der Waals surface area (Å²) in [4.78, 5) is 33.5. The second kappa shape index (κ2) is 9.04. The molecule has 1 aliphatic heterocycles. The molecule has 1 aromatic carbocycles. The van der Waals surface area contributed by atoms with Crippen LogP contribution in [0.1, 0.15) is 43.6 Å². The molecule has 1 atom stereocenters. The van der Waals surface area contributed by atoms with Crippen molar-refractivity contribution >= 4 is 23.6 Å². The Morgan fingerprint density at radius 3 is 2.53 bits per heavy atom. The number of halogens is 1. The van der Waals surface area contributed by atoms with Crippen molar-refractivity contribution in [2.24, 2.45) is 0 Å². The van der Waals surface area contributed by atoms with E-state index in [0.717, 1.165) is 16.8 Å². The summed E-state index contributed by atoms with van der Waals surface area (Å²) in [6, 6.07) is 10.9. The lowest BCUT2D eigenvalue weighted by molar-refractivity contribution is -0.135. The van der Waals surface area contributed by atoms with Gasteiger partial charge in [0.15, 0.2) is 0 Å². The van der Waals surface area contributed by atoms with Crippen LogP contribution in [0.5, 0.6) is 0 Å². The van der Waals surface area contributed by atoms with Crippen LogP contribution in [0.15, 0.2) is 42.6 Å². The van der Waals surface area contributed by atoms with Gasteiger partial charge in [0.05, 0.1) is 12.5 Å². The maximum absolute atomic E-state index is 13.2. The largest absolute Gasteiger partial charge is 0.444 e.